The number of carbonyl (C=O) groups excluding carboxylic acids is 1. The van der Waals surface area contributed by atoms with E-state index in [-0.39, 0.29) is 5.91 Å². The van der Waals surface area contributed by atoms with Crippen molar-refractivity contribution in [2.75, 3.05) is 10.6 Å². The van der Waals surface area contributed by atoms with Crippen molar-refractivity contribution in [1.82, 2.24) is 4.98 Å². The average Bonchev–Trinajstić information content (AvgIpc) is 2.64. The van der Waals surface area contributed by atoms with E-state index in [1.807, 2.05) is 32.0 Å². The predicted molar refractivity (Wildman–Crippen MR) is 103 cm³/mol. The Morgan fingerprint density at radius 1 is 0.929 bits per heavy atom. The number of benzene rings is 2. The van der Waals surface area contributed by atoms with E-state index in [1.54, 1.807) is 6.07 Å². The Balaban J connectivity index is 1.76. The number of para-hydroxylation sites is 1. The third-order valence-electron chi connectivity index (χ3n) is 4.22. The number of halogens is 3. The third kappa shape index (κ3) is 4.49. The van der Waals surface area contributed by atoms with Gasteiger partial charge in [-0.05, 0) is 55.3 Å². The van der Waals surface area contributed by atoms with Crippen LogP contribution in [0.3, 0.4) is 0 Å². The van der Waals surface area contributed by atoms with E-state index in [4.69, 9.17) is 0 Å². The molecule has 1 aromatic heterocycles. The van der Waals surface area contributed by atoms with Gasteiger partial charge in [0.1, 0.15) is 0 Å². The van der Waals surface area contributed by atoms with Crippen LogP contribution >= 0.6 is 0 Å². The van der Waals surface area contributed by atoms with Crippen LogP contribution in [0.5, 0.6) is 0 Å². The Kier molecular flexibility index (Phi) is 5.35. The van der Waals surface area contributed by atoms with Gasteiger partial charge in [0.25, 0.3) is 5.91 Å². The monoisotopic (exact) mass is 385 g/mol. The summed E-state index contributed by atoms with van der Waals surface area (Å²) >= 11 is 0. The molecule has 0 saturated carbocycles. The Labute approximate surface area is 160 Å². The molecule has 4 nitrogen and oxygen atoms in total. The molecule has 0 saturated heterocycles. The highest BCUT2D eigenvalue weighted by Gasteiger charge is 2.29. The van der Waals surface area contributed by atoms with E-state index in [2.05, 4.69) is 15.6 Å². The summed E-state index contributed by atoms with van der Waals surface area (Å²) in [7, 11) is 0. The summed E-state index contributed by atoms with van der Waals surface area (Å²) in [6.07, 6.45) is -1.46. The highest BCUT2D eigenvalue weighted by Crippen LogP contribution is 2.30. The zero-order valence-electron chi connectivity index (χ0n) is 15.3. The number of hydrogen-bond donors (Lipinski definition) is 2. The summed E-state index contributed by atoms with van der Waals surface area (Å²) in [5.41, 5.74) is 3.20. The highest BCUT2D eigenvalue weighted by atomic mass is 19.4. The molecule has 28 heavy (non-hydrogen) atoms. The first kappa shape index (κ1) is 19.4. The first-order valence-electron chi connectivity index (χ1n) is 8.51. The Morgan fingerprint density at radius 2 is 1.57 bits per heavy atom. The summed E-state index contributed by atoms with van der Waals surface area (Å²) < 4.78 is 37.9. The van der Waals surface area contributed by atoms with Gasteiger partial charge in [0.05, 0.1) is 23.0 Å². The molecule has 0 unspecified atom stereocenters. The van der Waals surface area contributed by atoms with Crippen LogP contribution in [0.4, 0.5) is 30.2 Å². The summed E-state index contributed by atoms with van der Waals surface area (Å²) in [6, 6.07) is 12.0. The number of carbonyl (C=O) groups is 1. The van der Waals surface area contributed by atoms with E-state index in [0.717, 1.165) is 28.9 Å². The molecular formula is C21H18F3N3O. The van der Waals surface area contributed by atoms with Crippen molar-refractivity contribution in [3.8, 4) is 0 Å². The fraction of sp³-hybridized carbons (Fsp3) is 0.143. The molecule has 0 aliphatic heterocycles. The summed E-state index contributed by atoms with van der Waals surface area (Å²) in [5, 5.41) is 5.83. The minimum Gasteiger partial charge on any atom is -0.354 e. The van der Waals surface area contributed by atoms with Crippen molar-refractivity contribution in [3.05, 3.63) is 83.2 Å². The number of amides is 1. The lowest BCUT2D eigenvalue weighted by Gasteiger charge is -2.12. The zero-order chi connectivity index (χ0) is 20.3. The second-order valence-electron chi connectivity index (χ2n) is 6.38. The average molecular weight is 385 g/mol. The first-order chi connectivity index (χ1) is 13.2. The lowest BCUT2D eigenvalue weighted by atomic mass is 10.1. The number of nitrogens with zero attached hydrogens (tertiary/aromatic N) is 1. The van der Waals surface area contributed by atoms with Crippen LogP contribution < -0.4 is 10.6 Å². The number of rotatable bonds is 4. The van der Waals surface area contributed by atoms with E-state index in [9.17, 15) is 18.0 Å². The molecule has 0 aliphatic rings. The second-order valence-corrected chi connectivity index (χ2v) is 6.38. The summed E-state index contributed by atoms with van der Waals surface area (Å²) in [4.78, 5) is 16.6. The zero-order valence-corrected chi connectivity index (χ0v) is 15.3. The second kappa shape index (κ2) is 7.72. The molecule has 1 heterocycles. The SMILES string of the molecule is Cc1cccc(C)c1NC(=O)c1cncc(Nc2ccc(C(F)(F)F)cc2)c1. The van der Waals surface area contributed by atoms with Crippen molar-refractivity contribution in [2.24, 2.45) is 0 Å². The van der Waals surface area contributed by atoms with Crippen molar-refractivity contribution in [1.29, 1.82) is 0 Å². The molecule has 2 aromatic carbocycles. The molecule has 3 rings (SSSR count). The Hall–Kier alpha value is -3.35. The van der Waals surface area contributed by atoms with Gasteiger partial charge >= 0.3 is 6.18 Å². The number of aryl methyl sites for hydroxylation is 2. The maximum Gasteiger partial charge on any atom is 0.416 e. The maximum atomic E-state index is 12.6. The predicted octanol–water partition coefficient (Wildman–Crippen LogP) is 5.71. The standard InChI is InChI=1S/C21H18F3N3O/c1-13-4-3-5-14(2)19(13)27-20(28)15-10-18(12-25-11-15)26-17-8-6-16(7-9-17)21(22,23)24/h3-12,26H,1-2H3,(H,27,28). The molecule has 0 atom stereocenters. The molecule has 7 heteroatoms. The lowest BCUT2D eigenvalue weighted by Crippen LogP contribution is -2.14. The molecule has 2 N–H and O–H groups in total. The van der Waals surface area contributed by atoms with Crippen molar-refractivity contribution in [2.45, 2.75) is 20.0 Å². The fourth-order valence-corrected chi connectivity index (χ4v) is 2.74. The number of nitrogens with one attached hydrogen (secondary N) is 2. The summed E-state index contributed by atoms with van der Waals surface area (Å²) in [6.45, 7) is 3.81. The van der Waals surface area contributed by atoms with Crippen LogP contribution in [0.25, 0.3) is 0 Å². The number of pyridine rings is 1. The van der Waals surface area contributed by atoms with Gasteiger partial charge in [-0.1, -0.05) is 18.2 Å². The molecule has 0 radical (unpaired) electrons. The van der Waals surface area contributed by atoms with Crippen molar-refractivity contribution >= 4 is 23.0 Å². The molecule has 144 valence electrons. The van der Waals surface area contributed by atoms with Crippen LogP contribution in [0.15, 0.2) is 60.9 Å². The van der Waals surface area contributed by atoms with Gasteiger partial charge in [0, 0.05) is 17.6 Å². The van der Waals surface area contributed by atoms with E-state index >= 15 is 0 Å². The number of aromatic nitrogens is 1. The smallest absolute Gasteiger partial charge is 0.354 e. The normalized spacial score (nSPS) is 11.2. The molecule has 1 amide bonds. The largest absolute Gasteiger partial charge is 0.416 e. The number of hydrogen-bond acceptors (Lipinski definition) is 3. The van der Waals surface area contributed by atoms with Crippen LogP contribution in [0, 0.1) is 13.8 Å². The summed E-state index contributed by atoms with van der Waals surface area (Å²) in [5.74, 6) is -0.319. The maximum absolute atomic E-state index is 12.6. The lowest BCUT2D eigenvalue weighted by molar-refractivity contribution is -0.137. The van der Waals surface area contributed by atoms with Gasteiger partial charge in [-0.15, -0.1) is 0 Å². The Bertz CT molecular complexity index is 978. The van der Waals surface area contributed by atoms with E-state index in [1.165, 1.54) is 24.5 Å². The number of alkyl halides is 3. The molecule has 0 spiro atoms. The quantitative estimate of drug-likeness (QED) is 0.605. The van der Waals surface area contributed by atoms with Gasteiger partial charge in [0.2, 0.25) is 0 Å². The van der Waals surface area contributed by atoms with Gasteiger partial charge in [-0.25, -0.2) is 0 Å². The van der Waals surface area contributed by atoms with Crippen molar-refractivity contribution < 1.29 is 18.0 Å². The van der Waals surface area contributed by atoms with E-state index < -0.39 is 11.7 Å². The third-order valence-corrected chi connectivity index (χ3v) is 4.22. The molecule has 0 aliphatic carbocycles. The van der Waals surface area contributed by atoms with Crippen LogP contribution in [-0.2, 0) is 6.18 Å². The first-order valence-corrected chi connectivity index (χ1v) is 8.51. The minimum atomic E-state index is -4.38. The Morgan fingerprint density at radius 3 is 2.18 bits per heavy atom. The van der Waals surface area contributed by atoms with Crippen molar-refractivity contribution in [3.63, 3.8) is 0 Å². The van der Waals surface area contributed by atoms with E-state index in [0.29, 0.717) is 16.9 Å². The van der Waals surface area contributed by atoms with Crippen LogP contribution in [-0.4, -0.2) is 10.9 Å². The highest BCUT2D eigenvalue weighted by molar-refractivity contribution is 6.05. The topological polar surface area (TPSA) is 54.0 Å². The van der Waals surface area contributed by atoms with Crippen LogP contribution in [0.1, 0.15) is 27.0 Å². The molecular weight excluding hydrogens is 367 g/mol. The molecule has 3 aromatic rings. The molecule has 0 fully saturated rings. The van der Waals surface area contributed by atoms with Gasteiger partial charge in [-0.2, -0.15) is 13.2 Å². The fourth-order valence-electron chi connectivity index (χ4n) is 2.74. The van der Waals surface area contributed by atoms with Gasteiger partial charge in [0.15, 0.2) is 0 Å². The minimum absolute atomic E-state index is 0.319. The van der Waals surface area contributed by atoms with Gasteiger partial charge in [-0.3, -0.25) is 9.78 Å². The molecule has 0 bridgehead atoms. The van der Waals surface area contributed by atoms with Crippen LogP contribution in [0.2, 0.25) is 0 Å². The number of anilines is 3. The van der Waals surface area contributed by atoms with Gasteiger partial charge < -0.3 is 10.6 Å².